The first-order chi connectivity index (χ1) is 9.15. The van der Waals surface area contributed by atoms with Gasteiger partial charge in [-0.3, -0.25) is 15.0 Å². The van der Waals surface area contributed by atoms with E-state index in [1.807, 2.05) is 17.0 Å². The number of benzene rings is 1. The van der Waals surface area contributed by atoms with Crippen molar-refractivity contribution in [2.45, 2.75) is 18.9 Å². The number of hydrogen-bond donors (Lipinski definition) is 0. The molecule has 0 bridgehead atoms. The molecule has 100 valence electrons. The summed E-state index contributed by atoms with van der Waals surface area (Å²) in [5.74, 6) is 0. The molecule has 1 aliphatic heterocycles. The van der Waals surface area contributed by atoms with E-state index in [9.17, 15) is 10.1 Å². The maximum Gasteiger partial charge on any atom is 0.271 e. The lowest BCUT2D eigenvalue weighted by Gasteiger charge is -2.34. The Morgan fingerprint density at radius 1 is 1.37 bits per heavy atom. The van der Waals surface area contributed by atoms with Crippen LogP contribution < -0.4 is 4.90 Å². The molecule has 19 heavy (non-hydrogen) atoms. The number of nitro groups is 1. The second kappa shape index (κ2) is 4.83. The number of nitro benzene ring substituents is 1. The second-order valence-corrected chi connectivity index (χ2v) is 5.26. The molecular formula is C13H14ClN3O2. The van der Waals surface area contributed by atoms with Crippen LogP contribution >= 0.6 is 11.6 Å². The zero-order valence-corrected chi connectivity index (χ0v) is 11.1. The third kappa shape index (κ3) is 2.57. The summed E-state index contributed by atoms with van der Waals surface area (Å²) in [5.41, 5.74) is 0.853. The molecule has 0 spiro atoms. The molecule has 1 saturated carbocycles. The number of halogens is 1. The van der Waals surface area contributed by atoms with Crippen LogP contribution in [0.5, 0.6) is 0 Å². The van der Waals surface area contributed by atoms with Crippen molar-refractivity contribution < 1.29 is 4.92 Å². The van der Waals surface area contributed by atoms with Crippen LogP contribution in [0.4, 0.5) is 11.4 Å². The fourth-order valence-corrected chi connectivity index (χ4v) is 2.51. The minimum Gasteiger partial charge on any atom is -0.319 e. The van der Waals surface area contributed by atoms with E-state index in [-0.39, 0.29) is 10.6 Å². The molecular weight excluding hydrogens is 266 g/mol. The van der Waals surface area contributed by atoms with Crippen LogP contribution in [0.15, 0.2) is 35.5 Å². The first-order valence-electron chi connectivity index (χ1n) is 6.27. The Labute approximate surface area is 116 Å². The zero-order valence-electron chi connectivity index (χ0n) is 10.3. The Hall–Kier alpha value is -1.59. The molecule has 0 atom stereocenters. The minimum atomic E-state index is -0.385. The van der Waals surface area contributed by atoms with E-state index in [0.717, 1.165) is 12.2 Å². The molecule has 1 heterocycles. The number of anilines is 1. The second-order valence-electron chi connectivity index (χ2n) is 4.88. The fourth-order valence-electron chi connectivity index (χ4n) is 2.29. The van der Waals surface area contributed by atoms with Crippen LogP contribution in [-0.2, 0) is 0 Å². The van der Waals surface area contributed by atoms with Crippen molar-refractivity contribution >= 4 is 23.0 Å². The zero-order chi connectivity index (χ0) is 13.4. The van der Waals surface area contributed by atoms with Gasteiger partial charge in [0.05, 0.1) is 11.6 Å². The predicted octanol–water partition coefficient (Wildman–Crippen LogP) is 2.92. The fraction of sp³-hybridized carbons (Fsp3) is 0.385. The van der Waals surface area contributed by atoms with Gasteiger partial charge in [-0.2, -0.15) is 0 Å². The largest absolute Gasteiger partial charge is 0.319 e. The first kappa shape index (κ1) is 12.4. The van der Waals surface area contributed by atoms with Crippen molar-refractivity contribution in [1.29, 1.82) is 0 Å². The van der Waals surface area contributed by atoms with E-state index in [0.29, 0.717) is 17.9 Å². The van der Waals surface area contributed by atoms with Crippen LogP contribution in [0.1, 0.15) is 12.8 Å². The third-order valence-corrected chi connectivity index (χ3v) is 3.85. The van der Waals surface area contributed by atoms with Crippen LogP contribution in [0.25, 0.3) is 0 Å². The van der Waals surface area contributed by atoms with Crippen molar-refractivity contribution in [2.75, 3.05) is 18.1 Å². The molecule has 0 unspecified atom stereocenters. The quantitative estimate of drug-likeness (QED) is 0.485. The Bertz CT molecular complexity index is 542. The lowest BCUT2D eigenvalue weighted by molar-refractivity contribution is -0.384. The standard InChI is InChI=1S/C13H14ClN3O2/c14-13-6-7-15(10-4-5-10)9-16(13)11-2-1-3-12(8-11)17(18)19/h1-3,6,8,10H,4-5,7,9H2. The molecule has 3 rings (SSSR count). The van der Waals surface area contributed by atoms with Gasteiger partial charge in [0.15, 0.2) is 0 Å². The van der Waals surface area contributed by atoms with Crippen LogP contribution in [0.3, 0.4) is 0 Å². The van der Waals surface area contributed by atoms with Gasteiger partial charge in [0, 0.05) is 30.4 Å². The van der Waals surface area contributed by atoms with Gasteiger partial charge in [0.2, 0.25) is 0 Å². The van der Waals surface area contributed by atoms with E-state index in [2.05, 4.69) is 4.90 Å². The van der Waals surface area contributed by atoms with E-state index in [4.69, 9.17) is 11.6 Å². The van der Waals surface area contributed by atoms with E-state index in [1.54, 1.807) is 12.1 Å². The molecule has 0 N–H and O–H groups in total. The number of non-ortho nitro benzene ring substituents is 1. The SMILES string of the molecule is O=[N+]([O-])c1cccc(N2CN(C3CC3)CC=C2Cl)c1. The summed E-state index contributed by atoms with van der Waals surface area (Å²) in [5, 5.41) is 11.5. The molecule has 6 heteroatoms. The van der Waals surface area contributed by atoms with Crippen molar-refractivity contribution in [3.8, 4) is 0 Å². The van der Waals surface area contributed by atoms with E-state index >= 15 is 0 Å². The smallest absolute Gasteiger partial charge is 0.271 e. The molecule has 0 aromatic heterocycles. The average Bonchev–Trinajstić information content (AvgIpc) is 3.24. The van der Waals surface area contributed by atoms with Gasteiger partial charge in [0.25, 0.3) is 5.69 Å². The average molecular weight is 280 g/mol. The van der Waals surface area contributed by atoms with Gasteiger partial charge in [-0.25, -0.2) is 0 Å². The number of hydrogen-bond acceptors (Lipinski definition) is 4. The monoisotopic (exact) mass is 279 g/mol. The van der Waals surface area contributed by atoms with E-state index in [1.165, 1.54) is 18.9 Å². The molecule has 1 aromatic rings. The summed E-state index contributed by atoms with van der Waals surface area (Å²) in [7, 11) is 0. The summed E-state index contributed by atoms with van der Waals surface area (Å²) in [6.45, 7) is 1.55. The normalized spacial score (nSPS) is 20.3. The molecule has 1 fully saturated rings. The Morgan fingerprint density at radius 2 is 2.16 bits per heavy atom. The number of rotatable bonds is 3. The summed E-state index contributed by atoms with van der Waals surface area (Å²) < 4.78 is 0. The highest BCUT2D eigenvalue weighted by Crippen LogP contribution is 2.33. The van der Waals surface area contributed by atoms with E-state index < -0.39 is 0 Å². The molecule has 0 amide bonds. The Kier molecular flexibility index (Phi) is 3.16. The molecule has 1 aromatic carbocycles. The van der Waals surface area contributed by atoms with Crippen LogP contribution in [0, 0.1) is 10.1 Å². The van der Waals surface area contributed by atoms with Crippen molar-refractivity contribution in [3.05, 3.63) is 45.6 Å². The van der Waals surface area contributed by atoms with Crippen molar-refractivity contribution in [1.82, 2.24) is 4.90 Å². The van der Waals surface area contributed by atoms with Crippen LogP contribution in [0.2, 0.25) is 0 Å². The summed E-state index contributed by atoms with van der Waals surface area (Å²) in [6.07, 6.45) is 4.42. The highest BCUT2D eigenvalue weighted by molar-refractivity contribution is 6.31. The predicted molar refractivity (Wildman–Crippen MR) is 74.1 cm³/mol. The third-order valence-electron chi connectivity index (χ3n) is 3.49. The highest BCUT2D eigenvalue weighted by Gasteiger charge is 2.32. The van der Waals surface area contributed by atoms with Crippen molar-refractivity contribution in [3.63, 3.8) is 0 Å². The van der Waals surface area contributed by atoms with Gasteiger partial charge in [-0.1, -0.05) is 17.7 Å². The molecule has 5 nitrogen and oxygen atoms in total. The summed E-state index contributed by atoms with van der Waals surface area (Å²) in [6, 6.07) is 7.23. The summed E-state index contributed by atoms with van der Waals surface area (Å²) >= 11 is 6.23. The maximum absolute atomic E-state index is 10.8. The Balaban J connectivity index is 1.87. The minimum absolute atomic E-state index is 0.0884. The lowest BCUT2D eigenvalue weighted by atomic mass is 10.2. The molecule has 1 aliphatic carbocycles. The van der Waals surface area contributed by atoms with Crippen LogP contribution in [-0.4, -0.2) is 29.1 Å². The van der Waals surface area contributed by atoms with Gasteiger partial charge >= 0.3 is 0 Å². The summed E-state index contributed by atoms with van der Waals surface area (Å²) in [4.78, 5) is 14.7. The number of nitrogens with zero attached hydrogens (tertiary/aromatic N) is 3. The lowest BCUT2D eigenvalue weighted by Crippen LogP contribution is -2.41. The highest BCUT2D eigenvalue weighted by atomic mass is 35.5. The van der Waals surface area contributed by atoms with Gasteiger partial charge < -0.3 is 4.90 Å². The van der Waals surface area contributed by atoms with Gasteiger partial charge in [0.1, 0.15) is 5.16 Å². The molecule has 2 aliphatic rings. The molecule has 0 radical (unpaired) electrons. The van der Waals surface area contributed by atoms with Gasteiger partial charge in [-0.05, 0) is 25.0 Å². The van der Waals surface area contributed by atoms with Crippen molar-refractivity contribution in [2.24, 2.45) is 0 Å². The Morgan fingerprint density at radius 3 is 2.84 bits per heavy atom. The molecule has 0 saturated heterocycles. The first-order valence-corrected chi connectivity index (χ1v) is 6.64. The maximum atomic E-state index is 10.8. The topological polar surface area (TPSA) is 49.6 Å². The van der Waals surface area contributed by atoms with Gasteiger partial charge in [-0.15, -0.1) is 0 Å².